The number of ether oxygens (including phenoxy) is 1. The zero-order chi connectivity index (χ0) is 15.7. The highest BCUT2D eigenvalue weighted by Gasteiger charge is 2.29. The summed E-state index contributed by atoms with van der Waals surface area (Å²) >= 11 is 0. The van der Waals surface area contributed by atoms with Crippen LogP contribution in [-0.2, 0) is 0 Å². The van der Waals surface area contributed by atoms with Crippen LogP contribution in [0.4, 0.5) is 13.2 Å². The summed E-state index contributed by atoms with van der Waals surface area (Å²) in [7, 11) is 0. The van der Waals surface area contributed by atoms with Crippen LogP contribution in [0.1, 0.15) is 25.7 Å². The van der Waals surface area contributed by atoms with Crippen molar-refractivity contribution in [2.45, 2.75) is 31.8 Å². The van der Waals surface area contributed by atoms with Gasteiger partial charge in [0.05, 0.1) is 11.7 Å². The Morgan fingerprint density at radius 2 is 1.55 bits per heavy atom. The average Bonchev–Trinajstić information content (AvgIpc) is 3.04. The maximum absolute atomic E-state index is 14.3. The van der Waals surface area contributed by atoms with Crippen LogP contribution < -0.4 is 4.74 Å². The highest BCUT2D eigenvalue weighted by molar-refractivity contribution is 5.72. The fourth-order valence-corrected chi connectivity index (χ4v) is 2.77. The Morgan fingerprint density at radius 1 is 0.909 bits per heavy atom. The van der Waals surface area contributed by atoms with Gasteiger partial charge in [0.2, 0.25) is 11.6 Å². The summed E-state index contributed by atoms with van der Waals surface area (Å²) < 4.78 is 48.0. The van der Waals surface area contributed by atoms with E-state index in [4.69, 9.17) is 4.74 Å². The number of hydrogen-bond donors (Lipinski definition) is 1. The Balaban J connectivity index is 2.08. The quantitative estimate of drug-likeness (QED) is 0.825. The molecular formula is C17H15F3O2. The third-order valence-electron chi connectivity index (χ3n) is 3.90. The molecule has 1 fully saturated rings. The van der Waals surface area contributed by atoms with Gasteiger partial charge in [-0.25, -0.2) is 4.39 Å². The van der Waals surface area contributed by atoms with Crippen molar-refractivity contribution in [3.8, 4) is 22.6 Å². The van der Waals surface area contributed by atoms with E-state index in [-0.39, 0.29) is 11.7 Å². The van der Waals surface area contributed by atoms with Crippen molar-refractivity contribution in [1.29, 1.82) is 0 Å². The van der Waals surface area contributed by atoms with Gasteiger partial charge < -0.3 is 9.84 Å². The van der Waals surface area contributed by atoms with E-state index in [2.05, 4.69) is 0 Å². The average molecular weight is 308 g/mol. The van der Waals surface area contributed by atoms with Gasteiger partial charge >= 0.3 is 0 Å². The van der Waals surface area contributed by atoms with Crippen LogP contribution in [0.2, 0.25) is 0 Å². The third-order valence-corrected chi connectivity index (χ3v) is 3.90. The first kappa shape index (κ1) is 14.8. The molecule has 3 rings (SSSR count). The second kappa shape index (κ2) is 5.91. The number of aromatic hydroxyl groups is 1. The smallest absolute Gasteiger partial charge is 0.210 e. The summed E-state index contributed by atoms with van der Waals surface area (Å²) in [5, 5.41) is 9.95. The molecule has 2 aromatic rings. The van der Waals surface area contributed by atoms with Gasteiger partial charge in [-0.3, -0.25) is 0 Å². The van der Waals surface area contributed by atoms with Gasteiger partial charge in [-0.05, 0) is 31.2 Å². The van der Waals surface area contributed by atoms with Crippen molar-refractivity contribution in [3.05, 3.63) is 47.8 Å². The minimum absolute atomic E-state index is 0.197. The molecule has 0 aromatic heterocycles. The lowest BCUT2D eigenvalue weighted by Gasteiger charge is -2.17. The Bertz CT molecular complexity index is 651. The molecule has 1 aliphatic rings. The molecular weight excluding hydrogens is 293 g/mol. The van der Waals surface area contributed by atoms with E-state index in [1.54, 1.807) is 18.2 Å². The molecule has 0 bridgehead atoms. The number of halogens is 3. The maximum atomic E-state index is 14.3. The first-order chi connectivity index (χ1) is 10.6. The van der Waals surface area contributed by atoms with Gasteiger partial charge in [0, 0.05) is 0 Å². The van der Waals surface area contributed by atoms with Crippen molar-refractivity contribution in [2.24, 2.45) is 0 Å². The first-order valence-corrected chi connectivity index (χ1v) is 7.21. The third kappa shape index (κ3) is 2.51. The maximum Gasteiger partial charge on any atom is 0.210 e. The molecule has 0 radical (unpaired) electrons. The minimum atomic E-state index is -1.40. The molecule has 0 atom stereocenters. The molecule has 2 aromatic carbocycles. The monoisotopic (exact) mass is 308 g/mol. The minimum Gasteiger partial charge on any atom is -0.504 e. The molecule has 1 aliphatic carbocycles. The van der Waals surface area contributed by atoms with Gasteiger partial charge in [-0.1, -0.05) is 30.3 Å². The molecule has 0 heterocycles. The van der Waals surface area contributed by atoms with Crippen molar-refractivity contribution in [3.63, 3.8) is 0 Å². The molecule has 0 spiro atoms. The highest BCUT2D eigenvalue weighted by Crippen LogP contribution is 2.42. The molecule has 2 nitrogen and oxygen atoms in total. The van der Waals surface area contributed by atoms with Crippen LogP contribution in [0, 0.1) is 17.5 Å². The lowest BCUT2D eigenvalue weighted by atomic mass is 10.0. The molecule has 0 aliphatic heterocycles. The van der Waals surface area contributed by atoms with Crippen molar-refractivity contribution in [1.82, 2.24) is 0 Å². The Kier molecular flexibility index (Phi) is 3.96. The summed E-state index contributed by atoms with van der Waals surface area (Å²) in [6.45, 7) is 0. The van der Waals surface area contributed by atoms with Gasteiger partial charge in [-0.15, -0.1) is 0 Å². The molecule has 5 heteroatoms. The summed E-state index contributed by atoms with van der Waals surface area (Å²) in [5.74, 6) is -5.73. The fraction of sp³-hybridized carbons (Fsp3) is 0.294. The number of benzene rings is 2. The summed E-state index contributed by atoms with van der Waals surface area (Å²) in [5.41, 5.74) is -0.294. The molecule has 1 N–H and O–H groups in total. The number of rotatable bonds is 3. The van der Waals surface area contributed by atoms with Crippen LogP contribution in [0.5, 0.6) is 11.5 Å². The van der Waals surface area contributed by atoms with Crippen molar-refractivity contribution in [2.75, 3.05) is 0 Å². The predicted octanol–water partition coefficient (Wildman–Crippen LogP) is 4.80. The van der Waals surface area contributed by atoms with E-state index in [0.717, 1.165) is 12.8 Å². The molecule has 0 amide bonds. The van der Waals surface area contributed by atoms with Crippen molar-refractivity contribution >= 4 is 0 Å². The number of phenolic OH excluding ortho intramolecular Hbond substituents is 1. The zero-order valence-corrected chi connectivity index (χ0v) is 11.8. The normalized spacial score (nSPS) is 15.2. The first-order valence-electron chi connectivity index (χ1n) is 7.21. The molecule has 116 valence electrons. The van der Waals surface area contributed by atoms with Crippen LogP contribution in [0.3, 0.4) is 0 Å². The van der Waals surface area contributed by atoms with E-state index in [0.29, 0.717) is 12.8 Å². The summed E-state index contributed by atoms with van der Waals surface area (Å²) in [6, 6.07) is 7.80. The fourth-order valence-electron chi connectivity index (χ4n) is 2.77. The molecule has 1 saturated carbocycles. The molecule has 0 unspecified atom stereocenters. The predicted molar refractivity (Wildman–Crippen MR) is 76.3 cm³/mol. The Morgan fingerprint density at radius 3 is 2.18 bits per heavy atom. The van der Waals surface area contributed by atoms with Gasteiger partial charge in [0.1, 0.15) is 0 Å². The van der Waals surface area contributed by atoms with Gasteiger partial charge in [0.15, 0.2) is 17.3 Å². The second-order valence-corrected chi connectivity index (χ2v) is 5.39. The number of phenols is 1. The molecule has 22 heavy (non-hydrogen) atoms. The van der Waals surface area contributed by atoms with Crippen LogP contribution in [-0.4, -0.2) is 11.2 Å². The van der Waals surface area contributed by atoms with E-state index < -0.39 is 34.5 Å². The van der Waals surface area contributed by atoms with E-state index in [9.17, 15) is 18.3 Å². The standard InChI is InChI=1S/C17H15F3O2/c18-13-12(10-6-2-1-3-7-10)16(21)15(20)17(14(13)19)22-11-8-4-5-9-11/h1-3,6-7,11,21H,4-5,8-9H2. The SMILES string of the molecule is Oc1c(F)c(OC2CCCC2)c(F)c(F)c1-c1ccccc1. The van der Waals surface area contributed by atoms with Gasteiger partial charge in [0.25, 0.3) is 0 Å². The molecule has 0 saturated heterocycles. The zero-order valence-electron chi connectivity index (χ0n) is 11.8. The Labute approximate surface area is 126 Å². The lowest BCUT2D eigenvalue weighted by molar-refractivity contribution is 0.186. The topological polar surface area (TPSA) is 29.5 Å². The highest BCUT2D eigenvalue weighted by atomic mass is 19.2. The summed E-state index contributed by atoms with van der Waals surface area (Å²) in [6.07, 6.45) is 2.81. The van der Waals surface area contributed by atoms with E-state index in [1.165, 1.54) is 12.1 Å². The van der Waals surface area contributed by atoms with Crippen LogP contribution in [0.25, 0.3) is 11.1 Å². The lowest BCUT2D eigenvalue weighted by Crippen LogP contribution is -2.14. The second-order valence-electron chi connectivity index (χ2n) is 5.39. The largest absolute Gasteiger partial charge is 0.504 e. The van der Waals surface area contributed by atoms with E-state index >= 15 is 0 Å². The Hall–Kier alpha value is -2.17. The van der Waals surface area contributed by atoms with Crippen LogP contribution >= 0.6 is 0 Å². The van der Waals surface area contributed by atoms with Gasteiger partial charge in [-0.2, -0.15) is 8.78 Å². The summed E-state index contributed by atoms with van der Waals surface area (Å²) in [4.78, 5) is 0. The van der Waals surface area contributed by atoms with Crippen molar-refractivity contribution < 1.29 is 23.0 Å². The van der Waals surface area contributed by atoms with Crippen LogP contribution in [0.15, 0.2) is 30.3 Å². The van der Waals surface area contributed by atoms with E-state index in [1.807, 2.05) is 0 Å². The number of hydrogen-bond acceptors (Lipinski definition) is 2.